The van der Waals surface area contributed by atoms with Gasteiger partial charge in [0.15, 0.2) is 6.29 Å². The summed E-state index contributed by atoms with van der Waals surface area (Å²) in [4.78, 5) is 0. The molecule has 0 aromatic carbocycles. The Labute approximate surface area is 216 Å². The Morgan fingerprint density at radius 2 is 1.33 bits per heavy atom. The highest BCUT2D eigenvalue weighted by Crippen LogP contribution is 2.81. The third-order valence-corrected chi connectivity index (χ3v) is 14.3. The van der Waals surface area contributed by atoms with Crippen LogP contribution in [0.2, 0.25) is 0 Å². The first-order chi connectivity index (χ1) is 16.6. The topological polar surface area (TPSA) is 110 Å². The van der Waals surface area contributed by atoms with Gasteiger partial charge in [0.05, 0.1) is 35.9 Å². The second-order valence-corrected chi connectivity index (χ2v) is 15.9. The van der Waals surface area contributed by atoms with E-state index in [1.54, 1.807) is 0 Å². The molecule has 206 valence electrons. The lowest BCUT2D eigenvalue weighted by Gasteiger charge is -2.75. The molecule has 36 heavy (non-hydrogen) atoms. The van der Waals surface area contributed by atoms with Crippen LogP contribution in [-0.4, -0.2) is 62.3 Å². The molecular formula is C30H50O6. The fourth-order valence-electron chi connectivity index (χ4n) is 12.4. The van der Waals surface area contributed by atoms with Gasteiger partial charge in [0.2, 0.25) is 0 Å². The third kappa shape index (κ3) is 2.57. The second kappa shape index (κ2) is 7.28. The van der Waals surface area contributed by atoms with Gasteiger partial charge in [-0.05, 0) is 85.9 Å². The van der Waals surface area contributed by atoms with Gasteiger partial charge >= 0.3 is 0 Å². The molecule has 1 aliphatic heterocycles. The third-order valence-electron chi connectivity index (χ3n) is 14.3. The van der Waals surface area contributed by atoms with E-state index >= 15 is 0 Å². The fourth-order valence-corrected chi connectivity index (χ4v) is 12.4. The maximum Gasteiger partial charge on any atom is 0.166 e. The Balaban J connectivity index is 1.48. The maximum absolute atomic E-state index is 11.9. The molecule has 5 N–H and O–H groups in total. The second-order valence-electron chi connectivity index (χ2n) is 15.9. The Hall–Kier alpha value is -0.240. The lowest BCUT2D eigenvalue weighted by molar-refractivity contribution is -0.307. The van der Waals surface area contributed by atoms with E-state index in [1.165, 1.54) is 0 Å². The number of ether oxygens (including phenoxy) is 1. The number of hydrogen-bond donors (Lipinski definition) is 5. The zero-order chi connectivity index (χ0) is 26.3. The van der Waals surface area contributed by atoms with Crippen LogP contribution >= 0.6 is 0 Å². The van der Waals surface area contributed by atoms with Crippen molar-refractivity contribution < 1.29 is 30.3 Å². The van der Waals surface area contributed by atoms with Gasteiger partial charge in [0, 0.05) is 16.7 Å². The van der Waals surface area contributed by atoms with Crippen molar-refractivity contribution in [1.29, 1.82) is 0 Å². The summed E-state index contributed by atoms with van der Waals surface area (Å²) >= 11 is 0. The number of rotatable bonds is 1. The summed E-state index contributed by atoms with van der Waals surface area (Å²) in [5.41, 5.74) is -2.67. The quantitative estimate of drug-likeness (QED) is 0.372. The molecule has 6 heteroatoms. The standard InChI is InChI=1S/C30H50O6/c1-24(2)13-19-29-12-8-18-25(3)10-9-20(32)26(4,16-31)17(25)7-11-27(18,5)28(29,6)15-22(34)30(19,21(33)14-24)23(35)36-29/h17-23,31-35H,7-16H2,1-6H3. The van der Waals surface area contributed by atoms with Gasteiger partial charge < -0.3 is 30.3 Å². The van der Waals surface area contributed by atoms with Crippen molar-refractivity contribution in [2.75, 3.05) is 6.61 Å². The van der Waals surface area contributed by atoms with Crippen LogP contribution in [0.25, 0.3) is 0 Å². The van der Waals surface area contributed by atoms with E-state index in [0.29, 0.717) is 25.2 Å². The number of fused-ring (bicyclic) bond motifs is 4. The number of aliphatic hydroxyl groups excluding tert-OH is 5. The molecule has 1 spiro atoms. The molecule has 6 rings (SSSR count). The molecule has 1 heterocycles. The Kier molecular flexibility index (Phi) is 5.26. The molecule has 5 aliphatic carbocycles. The first-order valence-corrected chi connectivity index (χ1v) is 14.6. The van der Waals surface area contributed by atoms with E-state index in [9.17, 15) is 25.5 Å². The van der Waals surface area contributed by atoms with Crippen molar-refractivity contribution >= 4 is 0 Å². The SMILES string of the molecule is CC1(C)CC(O)C23C(O)CC4(C)C5(C)CCC6C(C)(CO)C(O)CCC6(C)C5CCC4(OC2O)C3C1. The van der Waals surface area contributed by atoms with E-state index < -0.39 is 41.0 Å². The molecule has 13 atom stereocenters. The molecule has 6 fully saturated rings. The lowest BCUT2D eigenvalue weighted by atomic mass is 9.30. The van der Waals surface area contributed by atoms with Gasteiger partial charge in [-0.3, -0.25) is 0 Å². The lowest BCUT2D eigenvalue weighted by Crippen LogP contribution is -2.75. The maximum atomic E-state index is 11.9. The van der Waals surface area contributed by atoms with Crippen LogP contribution < -0.4 is 0 Å². The molecule has 0 aromatic heterocycles. The molecule has 0 aromatic rings. The van der Waals surface area contributed by atoms with Crippen LogP contribution in [0.4, 0.5) is 0 Å². The minimum Gasteiger partial charge on any atom is -0.396 e. The Morgan fingerprint density at radius 3 is 2.00 bits per heavy atom. The van der Waals surface area contributed by atoms with Gasteiger partial charge in [-0.25, -0.2) is 0 Å². The van der Waals surface area contributed by atoms with Crippen LogP contribution in [0.5, 0.6) is 0 Å². The molecule has 2 bridgehead atoms. The van der Waals surface area contributed by atoms with Gasteiger partial charge in [0.1, 0.15) is 0 Å². The van der Waals surface area contributed by atoms with E-state index in [0.717, 1.165) is 38.5 Å². The molecule has 1 saturated heterocycles. The van der Waals surface area contributed by atoms with E-state index in [2.05, 4.69) is 41.5 Å². The molecule has 5 saturated carbocycles. The summed E-state index contributed by atoms with van der Waals surface area (Å²) in [5, 5.41) is 56.3. The highest BCUT2D eigenvalue weighted by atomic mass is 16.6. The average molecular weight is 507 g/mol. The van der Waals surface area contributed by atoms with Crippen molar-refractivity contribution in [3.8, 4) is 0 Å². The number of hydrogen-bond acceptors (Lipinski definition) is 6. The van der Waals surface area contributed by atoms with Crippen molar-refractivity contribution in [2.24, 2.45) is 50.2 Å². The molecular weight excluding hydrogens is 456 g/mol. The van der Waals surface area contributed by atoms with Gasteiger partial charge in [-0.15, -0.1) is 0 Å². The largest absolute Gasteiger partial charge is 0.396 e. The van der Waals surface area contributed by atoms with Crippen LogP contribution in [0.15, 0.2) is 0 Å². The number of aliphatic hydroxyl groups is 5. The normalized spacial score (nSPS) is 63.6. The fraction of sp³-hybridized carbons (Fsp3) is 1.00. The minimum absolute atomic E-state index is 0.00461. The zero-order valence-electron chi connectivity index (χ0n) is 23.3. The predicted molar refractivity (Wildman–Crippen MR) is 136 cm³/mol. The van der Waals surface area contributed by atoms with Crippen molar-refractivity contribution in [3.05, 3.63) is 0 Å². The molecule has 6 nitrogen and oxygen atoms in total. The molecule has 6 aliphatic rings. The predicted octanol–water partition coefficient (Wildman–Crippen LogP) is 3.61. The molecule has 0 amide bonds. The molecule has 0 radical (unpaired) electrons. The highest BCUT2D eigenvalue weighted by molar-refractivity contribution is 5.30. The van der Waals surface area contributed by atoms with Crippen molar-refractivity contribution in [3.63, 3.8) is 0 Å². The van der Waals surface area contributed by atoms with Crippen LogP contribution in [-0.2, 0) is 4.74 Å². The summed E-state index contributed by atoms with van der Waals surface area (Å²) in [6.07, 6.45) is 4.04. The Morgan fingerprint density at radius 1 is 0.694 bits per heavy atom. The van der Waals surface area contributed by atoms with Gasteiger partial charge in [-0.2, -0.15) is 0 Å². The summed E-state index contributed by atoms with van der Waals surface area (Å²) < 4.78 is 6.77. The average Bonchev–Trinajstić information content (AvgIpc) is 2.99. The van der Waals surface area contributed by atoms with E-state index in [-0.39, 0.29) is 40.1 Å². The Bertz CT molecular complexity index is 938. The zero-order valence-corrected chi connectivity index (χ0v) is 23.3. The smallest absolute Gasteiger partial charge is 0.166 e. The van der Waals surface area contributed by atoms with Gasteiger partial charge in [0.25, 0.3) is 0 Å². The first kappa shape index (κ1) is 26.0. The van der Waals surface area contributed by atoms with Gasteiger partial charge in [-0.1, -0.05) is 41.5 Å². The summed E-state index contributed by atoms with van der Waals surface area (Å²) in [6, 6.07) is 0. The summed E-state index contributed by atoms with van der Waals surface area (Å²) in [7, 11) is 0. The first-order valence-electron chi connectivity index (χ1n) is 14.6. The van der Waals surface area contributed by atoms with E-state index in [1.807, 2.05) is 0 Å². The summed E-state index contributed by atoms with van der Waals surface area (Å²) in [6.45, 7) is 13.6. The highest BCUT2D eigenvalue weighted by Gasteiger charge is 2.83. The summed E-state index contributed by atoms with van der Waals surface area (Å²) in [5.74, 6) is 0.527. The van der Waals surface area contributed by atoms with E-state index in [4.69, 9.17) is 4.74 Å². The monoisotopic (exact) mass is 506 g/mol. The van der Waals surface area contributed by atoms with Crippen LogP contribution in [0, 0.1) is 50.2 Å². The van der Waals surface area contributed by atoms with Crippen molar-refractivity contribution in [1.82, 2.24) is 0 Å². The minimum atomic E-state index is -1.15. The molecule has 13 unspecified atom stereocenters. The van der Waals surface area contributed by atoms with Crippen LogP contribution in [0.3, 0.4) is 0 Å². The van der Waals surface area contributed by atoms with Crippen LogP contribution in [0.1, 0.15) is 99.3 Å². The van der Waals surface area contributed by atoms with Crippen molar-refractivity contribution in [2.45, 2.75) is 130 Å².